The van der Waals surface area contributed by atoms with Gasteiger partial charge in [0.1, 0.15) is 0 Å². The second-order valence-corrected chi connectivity index (χ2v) is 5.53. The van der Waals surface area contributed by atoms with Crippen LogP contribution in [0.1, 0.15) is 12.3 Å². The number of thioether (sulfide) groups is 1. The van der Waals surface area contributed by atoms with Gasteiger partial charge in [0.2, 0.25) is 0 Å². The number of hydrogen-bond acceptors (Lipinski definition) is 6. The van der Waals surface area contributed by atoms with Crippen LogP contribution in [0.4, 0.5) is 10.2 Å². The molecule has 0 amide bonds. The lowest BCUT2D eigenvalue weighted by atomic mass is 9.96. The van der Waals surface area contributed by atoms with Crippen molar-refractivity contribution in [1.82, 2.24) is 9.55 Å². The molecule has 1 aliphatic heterocycles. The summed E-state index contributed by atoms with van der Waals surface area (Å²) in [6.45, 7) is 1.38. The van der Waals surface area contributed by atoms with Gasteiger partial charge in [-0.15, -0.1) is 11.8 Å². The minimum Gasteiger partial charge on any atom is -0.395 e. The topological polar surface area (TPSA) is 130 Å². The van der Waals surface area contributed by atoms with Crippen LogP contribution in [-0.4, -0.2) is 32.1 Å². The first-order valence-electron chi connectivity index (χ1n) is 5.30. The second kappa shape index (κ2) is 4.72. The summed E-state index contributed by atoms with van der Waals surface area (Å²) in [7, 11) is 0. The fraction of sp³-hybridized carbons (Fsp3) is 0.556. The summed E-state index contributed by atoms with van der Waals surface area (Å²) in [6.07, 6.45) is 0.932. The van der Waals surface area contributed by atoms with Crippen molar-refractivity contribution >= 4 is 17.6 Å². The zero-order chi connectivity index (χ0) is 14.2. The molecule has 1 aliphatic rings. The Kier molecular flexibility index (Phi) is 3.40. The van der Waals surface area contributed by atoms with Crippen molar-refractivity contribution in [3.63, 3.8) is 0 Å². The molecule has 0 spiro atoms. The third kappa shape index (κ3) is 2.03. The van der Waals surface area contributed by atoms with Gasteiger partial charge < -0.3 is 10.8 Å². The third-order valence-electron chi connectivity index (χ3n) is 3.06. The van der Waals surface area contributed by atoms with Crippen LogP contribution in [0.15, 0.2) is 16.1 Å². The molecule has 10 heteroatoms. The van der Waals surface area contributed by atoms with Gasteiger partial charge in [-0.2, -0.15) is 4.98 Å². The van der Waals surface area contributed by atoms with E-state index < -0.39 is 28.2 Å². The smallest absolute Gasteiger partial charge is 0.350 e. The molecule has 1 saturated heterocycles. The SMILES string of the molecule is C[C@]1(N=[N+]=[N-])[C@@H](CO)S[C@H]1n1cc(F)c(N)nc1=O. The number of aliphatic hydroxyl groups excluding tert-OH is 1. The zero-order valence-corrected chi connectivity index (χ0v) is 10.7. The molecule has 3 atom stereocenters. The van der Waals surface area contributed by atoms with Crippen LogP contribution in [0.2, 0.25) is 0 Å². The van der Waals surface area contributed by atoms with Gasteiger partial charge in [-0.05, 0) is 12.5 Å². The number of hydrogen-bond donors (Lipinski definition) is 2. The number of halogens is 1. The minimum absolute atomic E-state index is 0.212. The van der Waals surface area contributed by atoms with E-state index in [-0.39, 0.29) is 11.9 Å². The van der Waals surface area contributed by atoms with Gasteiger partial charge in [0.05, 0.1) is 17.5 Å². The Morgan fingerprint density at radius 2 is 2.53 bits per heavy atom. The van der Waals surface area contributed by atoms with Gasteiger partial charge in [0, 0.05) is 16.4 Å². The maximum Gasteiger partial charge on any atom is 0.350 e. The van der Waals surface area contributed by atoms with Gasteiger partial charge in [0.15, 0.2) is 11.6 Å². The van der Waals surface area contributed by atoms with Crippen LogP contribution in [-0.2, 0) is 0 Å². The van der Waals surface area contributed by atoms with E-state index in [1.165, 1.54) is 11.8 Å². The zero-order valence-electron chi connectivity index (χ0n) is 9.89. The van der Waals surface area contributed by atoms with Crippen molar-refractivity contribution in [2.75, 3.05) is 12.3 Å². The highest BCUT2D eigenvalue weighted by molar-refractivity contribution is 8.01. The molecule has 0 bridgehead atoms. The number of anilines is 1. The molecule has 1 aromatic rings. The Bertz CT molecular complexity index is 615. The summed E-state index contributed by atoms with van der Waals surface area (Å²) in [4.78, 5) is 17.8. The van der Waals surface area contributed by atoms with Crippen molar-refractivity contribution in [2.24, 2.45) is 5.11 Å². The molecule has 102 valence electrons. The number of nitrogens with two attached hydrogens (primary N) is 1. The second-order valence-electron chi connectivity index (χ2n) is 4.24. The van der Waals surface area contributed by atoms with Crippen LogP contribution in [0.5, 0.6) is 0 Å². The van der Waals surface area contributed by atoms with Crippen LogP contribution < -0.4 is 11.4 Å². The molecule has 19 heavy (non-hydrogen) atoms. The summed E-state index contributed by atoms with van der Waals surface area (Å²) >= 11 is 1.20. The Morgan fingerprint density at radius 1 is 1.84 bits per heavy atom. The lowest BCUT2D eigenvalue weighted by molar-refractivity contribution is 0.216. The summed E-state index contributed by atoms with van der Waals surface area (Å²) in [6, 6.07) is 0. The summed E-state index contributed by atoms with van der Waals surface area (Å²) in [5, 5.41) is 11.8. The average molecular weight is 286 g/mol. The standard InChI is InChI=1S/C9H11FN6O2S/c1-9(14-15-12)5(3-17)19-7(9)16-2-4(10)6(11)13-8(16)18/h2,5,7,17H,3H2,1H3,(H2,11,13,18)/t5-,7-,9+/m1/s1. The Labute approximate surface area is 111 Å². The van der Waals surface area contributed by atoms with Gasteiger partial charge in [-0.3, -0.25) is 4.57 Å². The predicted molar refractivity (Wildman–Crippen MR) is 67.9 cm³/mol. The first-order chi connectivity index (χ1) is 8.93. The van der Waals surface area contributed by atoms with E-state index in [0.717, 1.165) is 10.8 Å². The lowest BCUT2D eigenvalue weighted by Crippen LogP contribution is -2.55. The molecule has 0 unspecified atom stereocenters. The van der Waals surface area contributed by atoms with E-state index >= 15 is 0 Å². The van der Waals surface area contributed by atoms with Gasteiger partial charge in [-0.25, -0.2) is 9.18 Å². The molecule has 0 aliphatic carbocycles. The van der Waals surface area contributed by atoms with Crippen molar-refractivity contribution in [2.45, 2.75) is 23.1 Å². The number of aliphatic hydroxyl groups is 1. The molecule has 1 aromatic heterocycles. The molecule has 0 radical (unpaired) electrons. The average Bonchev–Trinajstić information content (AvgIpc) is 2.35. The predicted octanol–water partition coefficient (Wildman–Crippen LogP) is 0.640. The molecular weight excluding hydrogens is 275 g/mol. The monoisotopic (exact) mass is 286 g/mol. The van der Waals surface area contributed by atoms with Crippen LogP contribution in [0, 0.1) is 5.82 Å². The molecular formula is C9H11FN6O2S. The van der Waals surface area contributed by atoms with Crippen LogP contribution in [0.3, 0.4) is 0 Å². The van der Waals surface area contributed by atoms with Gasteiger partial charge in [0.25, 0.3) is 0 Å². The largest absolute Gasteiger partial charge is 0.395 e. The number of nitrogen functional groups attached to an aromatic ring is 1. The Balaban J connectivity index is 2.46. The van der Waals surface area contributed by atoms with Crippen molar-refractivity contribution in [1.29, 1.82) is 0 Å². The molecule has 2 rings (SSSR count). The summed E-state index contributed by atoms with van der Waals surface area (Å²) in [5.41, 5.74) is 12.0. The van der Waals surface area contributed by atoms with E-state index in [0.29, 0.717) is 0 Å². The number of nitrogens with zero attached hydrogens (tertiary/aromatic N) is 5. The molecule has 8 nitrogen and oxygen atoms in total. The Morgan fingerprint density at radius 3 is 3.11 bits per heavy atom. The van der Waals surface area contributed by atoms with E-state index in [4.69, 9.17) is 11.3 Å². The minimum atomic E-state index is -1.03. The fourth-order valence-corrected chi connectivity index (χ4v) is 3.32. The quantitative estimate of drug-likeness (QED) is 0.478. The van der Waals surface area contributed by atoms with Gasteiger partial charge >= 0.3 is 5.69 Å². The summed E-state index contributed by atoms with van der Waals surface area (Å²) in [5.74, 6) is -1.30. The van der Waals surface area contributed by atoms with Crippen LogP contribution >= 0.6 is 11.8 Å². The highest BCUT2D eigenvalue weighted by Gasteiger charge is 2.53. The van der Waals surface area contributed by atoms with Gasteiger partial charge in [-0.1, -0.05) is 5.11 Å². The number of rotatable bonds is 3. The fourth-order valence-electron chi connectivity index (χ4n) is 1.93. The molecule has 0 aromatic carbocycles. The number of aromatic nitrogens is 2. The maximum atomic E-state index is 13.4. The highest BCUT2D eigenvalue weighted by atomic mass is 32.2. The number of azide groups is 1. The Hall–Kier alpha value is -1.77. The maximum absolute atomic E-state index is 13.4. The normalized spacial score (nSPS) is 29.4. The molecule has 3 N–H and O–H groups in total. The third-order valence-corrected chi connectivity index (χ3v) is 4.97. The first kappa shape index (κ1) is 13.7. The van der Waals surface area contributed by atoms with E-state index in [9.17, 15) is 14.3 Å². The van der Waals surface area contributed by atoms with E-state index in [2.05, 4.69) is 15.0 Å². The first-order valence-corrected chi connectivity index (χ1v) is 6.25. The highest BCUT2D eigenvalue weighted by Crippen LogP contribution is 2.54. The molecule has 1 fully saturated rings. The molecule has 2 heterocycles. The van der Waals surface area contributed by atoms with Crippen molar-refractivity contribution in [3.05, 3.63) is 32.9 Å². The molecule has 0 saturated carbocycles. The van der Waals surface area contributed by atoms with Crippen LogP contribution in [0.25, 0.3) is 10.4 Å². The lowest BCUT2D eigenvalue weighted by Gasteiger charge is -2.49. The van der Waals surface area contributed by atoms with E-state index in [1.807, 2.05) is 0 Å². The van der Waals surface area contributed by atoms with Crippen molar-refractivity contribution < 1.29 is 9.50 Å². The van der Waals surface area contributed by atoms with Crippen molar-refractivity contribution in [3.8, 4) is 0 Å². The van der Waals surface area contributed by atoms with E-state index in [1.54, 1.807) is 6.92 Å². The summed E-state index contributed by atoms with van der Waals surface area (Å²) < 4.78 is 14.4.